The second kappa shape index (κ2) is 3.09. The van der Waals surface area contributed by atoms with Gasteiger partial charge in [-0.05, 0) is 31.6 Å². The second-order valence-electron chi connectivity index (χ2n) is 3.12. The summed E-state index contributed by atoms with van der Waals surface area (Å²) in [6.07, 6.45) is 2.05. The van der Waals surface area contributed by atoms with Crippen LogP contribution in [0.5, 0.6) is 0 Å². The predicted molar refractivity (Wildman–Crippen MR) is 55.5 cm³/mol. The summed E-state index contributed by atoms with van der Waals surface area (Å²) in [4.78, 5) is 0. The summed E-state index contributed by atoms with van der Waals surface area (Å²) in [7, 11) is 0. The van der Waals surface area contributed by atoms with Crippen LogP contribution in [0.15, 0.2) is 40.8 Å². The van der Waals surface area contributed by atoms with E-state index < -0.39 is 0 Å². The van der Waals surface area contributed by atoms with Crippen molar-refractivity contribution in [2.45, 2.75) is 13.8 Å². The zero-order valence-corrected chi connectivity index (χ0v) is 7.87. The number of benzene rings is 1. The number of hydrogen-bond donors (Lipinski definition) is 0. The Hall–Kier alpha value is -1.50. The van der Waals surface area contributed by atoms with E-state index in [-0.39, 0.29) is 0 Å². The Bertz CT molecular complexity index is 416. The monoisotopic (exact) mass is 172 g/mol. The Morgan fingerprint density at radius 1 is 1.31 bits per heavy atom. The molecule has 0 aliphatic heterocycles. The van der Waals surface area contributed by atoms with Crippen molar-refractivity contribution in [1.29, 1.82) is 0 Å². The molecule has 1 aromatic heterocycles. The maximum absolute atomic E-state index is 5.65. The van der Waals surface area contributed by atoms with Gasteiger partial charge in [-0.3, -0.25) is 0 Å². The van der Waals surface area contributed by atoms with Gasteiger partial charge in [0.05, 0.1) is 0 Å². The molecule has 0 saturated carbocycles. The van der Waals surface area contributed by atoms with Crippen molar-refractivity contribution in [3.8, 4) is 0 Å². The highest BCUT2D eigenvalue weighted by Crippen LogP contribution is 2.23. The minimum absolute atomic E-state index is 0.957. The average molecular weight is 172 g/mol. The smallest absolute Gasteiger partial charge is 0.134 e. The topological polar surface area (TPSA) is 13.1 Å². The van der Waals surface area contributed by atoms with Gasteiger partial charge in [0.2, 0.25) is 0 Å². The Labute approximate surface area is 77.7 Å². The Kier molecular flexibility index (Phi) is 1.93. The predicted octanol–water partition coefficient (Wildman–Crippen LogP) is 3.86. The first kappa shape index (κ1) is 8.11. The highest BCUT2D eigenvalue weighted by Gasteiger charge is 2.02. The molecule has 1 heterocycles. The fraction of sp³-hybridized carbons (Fsp3) is 0.167. The van der Waals surface area contributed by atoms with E-state index in [1.807, 2.05) is 25.1 Å². The quantitative estimate of drug-likeness (QED) is 0.636. The van der Waals surface area contributed by atoms with Gasteiger partial charge < -0.3 is 4.42 Å². The van der Waals surface area contributed by atoms with Gasteiger partial charge in [-0.15, -0.1) is 0 Å². The van der Waals surface area contributed by atoms with Crippen LogP contribution in [0, 0.1) is 0 Å². The lowest BCUT2D eigenvalue weighted by atomic mass is 10.2. The van der Waals surface area contributed by atoms with Crippen LogP contribution < -0.4 is 0 Å². The molecule has 0 aliphatic carbocycles. The highest BCUT2D eigenvalue weighted by molar-refractivity contribution is 5.81. The molecular formula is C12H12O. The van der Waals surface area contributed by atoms with Crippen LogP contribution in [-0.4, -0.2) is 0 Å². The normalized spacial score (nSPS) is 12.3. The fourth-order valence-corrected chi connectivity index (χ4v) is 1.32. The molecule has 1 nitrogen and oxygen atoms in total. The number of furan rings is 1. The molecule has 0 unspecified atom stereocenters. The molecular weight excluding hydrogens is 160 g/mol. The molecule has 13 heavy (non-hydrogen) atoms. The number of para-hydroxylation sites is 1. The number of fused-ring (bicyclic) bond motifs is 1. The van der Waals surface area contributed by atoms with Gasteiger partial charge in [-0.1, -0.05) is 24.3 Å². The van der Waals surface area contributed by atoms with Crippen molar-refractivity contribution >= 4 is 16.5 Å². The van der Waals surface area contributed by atoms with Crippen molar-refractivity contribution in [2.24, 2.45) is 0 Å². The van der Waals surface area contributed by atoms with Crippen LogP contribution in [0.25, 0.3) is 16.5 Å². The van der Waals surface area contributed by atoms with E-state index in [1.165, 1.54) is 11.0 Å². The first-order valence-electron chi connectivity index (χ1n) is 4.43. The van der Waals surface area contributed by atoms with Gasteiger partial charge in [0, 0.05) is 5.39 Å². The summed E-state index contributed by atoms with van der Waals surface area (Å²) in [5.41, 5.74) is 2.13. The summed E-state index contributed by atoms with van der Waals surface area (Å²) in [6, 6.07) is 10.1. The van der Waals surface area contributed by atoms with Crippen LogP contribution in [0.3, 0.4) is 0 Å². The minimum Gasteiger partial charge on any atom is -0.456 e. The standard InChI is InChI=1S/C12H12O/c1-3-9(2)12-8-10-6-4-5-7-11(10)13-12/h3-8H,1-2H3/b9-3+. The van der Waals surface area contributed by atoms with Gasteiger partial charge in [-0.25, -0.2) is 0 Å². The molecule has 0 atom stereocenters. The summed E-state index contributed by atoms with van der Waals surface area (Å²) < 4.78 is 5.65. The molecule has 0 saturated heterocycles. The van der Waals surface area contributed by atoms with E-state index in [0.29, 0.717) is 0 Å². The Morgan fingerprint density at radius 3 is 2.77 bits per heavy atom. The number of allylic oxidation sites excluding steroid dienone is 2. The van der Waals surface area contributed by atoms with Gasteiger partial charge >= 0.3 is 0 Å². The van der Waals surface area contributed by atoms with Crippen LogP contribution in [0.1, 0.15) is 19.6 Å². The molecule has 66 valence electrons. The molecule has 0 amide bonds. The van der Waals surface area contributed by atoms with Crippen molar-refractivity contribution in [3.63, 3.8) is 0 Å². The lowest BCUT2D eigenvalue weighted by molar-refractivity contribution is 0.599. The summed E-state index contributed by atoms with van der Waals surface area (Å²) >= 11 is 0. The third kappa shape index (κ3) is 1.37. The van der Waals surface area contributed by atoms with E-state index in [1.54, 1.807) is 0 Å². The first-order chi connectivity index (χ1) is 6.31. The van der Waals surface area contributed by atoms with Crippen molar-refractivity contribution in [1.82, 2.24) is 0 Å². The Morgan fingerprint density at radius 2 is 2.08 bits per heavy atom. The third-order valence-corrected chi connectivity index (χ3v) is 2.25. The van der Waals surface area contributed by atoms with Gasteiger partial charge in [-0.2, -0.15) is 0 Å². The van der Waals surface area contributed by atoms with E-state index in [4.69, 9.17) is 4.42 Å². The van der Waals surface area contributed by atoms with E-state index in [9.17, 15) is 0 Å². The zero-order valence-electron chi connectivity index (χ0n) is 7.87. The molecule has 0 bridgehead atoms. The van der Waals surface area contributed by atoms with E-state index in [0.717, 1.165) is 11.3 Å². The second-order valence-corrected chi connectivity index (χ2v) is 3.12. The molecule has 0 fully saturated rings. The molecule has 0 spiro atoms. The number of rotatable bonds is 1. The molecule has 0 N–H and O–H groups in total. The maximum Gasteiger partial charge on any atom is 0.134 e. The SMILES string of the molecule is C/C=C(\C)c1cc2ccccc2o1. The van der Waals surface area contributed by atoms with Crippen molar-refractivity contribution in [3.05, 3.63) is 42.2 Å². The summed E-state index contributed by atoms with van der Waals surface area (Å²) in [6.45, 7) is 4.07. The lowest BCUT2D eigenvalue weighted by Gasteiger charge is -1.90. The van der Waals surface area contributed by atoms with Crippen molar-refractivity contribution < 1.29 is 4.42 Å². The molecule has 2 rings (SSSR count). The molecule has 1 heteroatoms. The van der Waals surface area contributed by atoms with Gasteiger partial charge in [0.15, 0.2) is 0 Å². The molecule has 0 radical (unpaired) electrons. The lowest BCUT2D eigenvalue weighted by Crippen LogP contribution is -1.69. The zero-order chi connectivity index (χ0) is 9.26. The van der Waals surface area contributed by atoms with Crippen LogP contribution >= 0.6 is 0 Å². The minimum atomic E-state index is 0.957. The molecule has 2 aromatic rings. The van der Waals surface area contributed by atoms with Crippen LogP contribution in [0.2, 0.25) is 0 Å². The van der Waals surface area contributed by atoms with Crippen molar-refractivity contribution in [2.75, 3.05) is 0 Å². The maximum atomic E-state index is 5.65. The van der Waals surface area contributed by atoms with Gasteiger partial charge in [0.1, 0.15) is 11.3 Å². The van der Waals surface area contributed by atoms with Crippen LogP contribution in [0.4, 0.5) is 0 Å². The van der Waals surface area contributed by atoms with E-state index in [2.05, 4.69) is 25.1 Å². The Balaban J connectivity index is 2.62. The molecule has 0 aliphatic rings. The number of hydrogen-bond acceptors (Lipinski definition) is 1. The third-order valence-electron chi connectivity index (χ3n) is 2.25. The van der Waals surface area contributed by atoms with E-state index >= 15 is 0 Å². The van der Waals surface area contributed by atoms with Crippen LogP contribution in [-0.2, 0) is 0 Å². The first-order valence-corrected chi connectivity index (χ1v) is 4.43. The fourth-order valence-electron chi connectivity index (χ4n) is 1.32. The molecule has 1 aromatic carbocycles. The van der Waals surface area contributed by atoms with Gasteiger partial charge in [0.25, 0.3) is 0 Å². The summed E-state index contributed by atoms with van der Waals surface area (Å²) in [5, 5.41) is 1.17. The highest BCUT2D eigenvalue weighted by atomic mass is 16.3. The largest absolute Gasteiger partial charge is 0.456 e. The summed E-state index contributed by atoms with van der Waals surface area (Å²) in [5.74, 6) is 0.962. The average Bonchev–Trinajstić information content (AvgIpc) is 2.59.